The van der Waals surface area contributed by atoms with E-state index in [4.69, 9.17) is 5.11 Å². The maximum atomic E-state index is 10.5. The number of hydrogen-bond acceptors (Lipinski definition) is 5. The van der Waals surface area contributed by atoms with E-state index in [0.717, 1.165) is 17.4 Å². The molecular weight excluding hydrogens is 280 g/mol. The molecule has 0 radical (unpaired) electrons. The number of thioether (sulfide) groups is 1. The second kappa shape index (κ2) is 10.1. The predicted octanol–water partition coefficient (Wildman–Crippen LogP) is 3.50. The summed E-state index contributed by atoms with van der Waals surface area (Å²) in [5.74, 6) is 0.486. The summed E-state index contributed by atoms with van der Waals surface area (Å²) in [7, 11) is 0. The Kier molecular flexibility index (Phi) is 8.66. The van der Waals surface area contributed by atoms with Crippen molar-refractivity contribution in [3.63, 3.8) is 0 Å². The lowest BCUT2D eigenvalue weighted by molar-refractivity contribution is -0.136. The number of carbonyl (C=O) groups is 1. The Balaban J connectivity index is 2.07. The molecule has 0 saturated heterocycles. The van der Waals surface area contributed by atoms with E-state index in [1.54, 1.807) is 11.3 Å². The van der Waals surface area contributed by atoms with Crippen LogP contribution in [-0.4, -0.2) is 34.6 Å². The molecule has 0 unspecified atom stereocenters. The minimum atomic E-state index is -0.771. The van der Waals surface area contributed by atoms with Gasteiger partial charge in [0.15, 0.2) is 5.13 Å². The summed E-state index contributed by atoms with van der Waals surface area (Å²) in [4.78, 5) is 14.8. The maximum Gasteiger partial charge on any atom is 0.303 e. The van der Waals surface area contributed by atoms with Crippen molar-refractivity contribution in [2.45, 2.75) is 38.5 Å². The minimum absolute atomic E-state index is 0.151. The van der Waals surface area contributed by atoms with E-state index >= 15 is 0 Å². The van der Waals surface area contributed by atoms with Gasteiger partial charge >= 0.3 is 5.97 Å². The zero-order chi connectivity index (χ0) is 13.9. The zero-order valence-corrected chi connectivity index (χ0v) is 13.0. The van der Waals surface area contributed by atoms with Crippen molar-refractivity contribution in [1.29, 1.82) is 0 Å². The van der Waals surface area contributed by atoms with Crippen LogP contribution >= 0.6 is 23.1 Å². The molecular formula is C13H22N2O2S2. The van der Waals surface area contributed by atoms with Crippen molar-refractivity contribution in [3.05, 3.63) is 11.1 Å². The Morgan fingerprint density at radius 1 is 1.42 bits per heavy atom. The molecule has 0 amide bonds. The van der Waals surface area contributed by atoms with Gasteiger partial charge in [-0.2, -0.15) is 11.8 Å². The van der Waals surface area contributed by atoms with Crippen LogP contribution in [0.1, 0.15) is 37.8 Å². The first-order valence-corrected chi connectivity index (χ1v) is 8.88. The normalized spacial score (nSPS) is 10.6. The van der Waals surface area contributed by atoms with Crippen molar-refractivity contribution < 1.29 is 9.90 Å². The number of rotatable bonds is 11. The van der Waals surface area contributed by atoms with Crippen LogP contribution in [0.3, 0.4) is 0 Å². The Hall–Kier alpha value is -0.750. The molecule has 1 aromatic heterocycles. The summed E-state index contributed by atoms with van der Waals surface area (Å²) in [5, 5.41) is 14.7. The van der Waals surface area contributed by atoms with Gasteiger partial charge in [0.2, 0.25) is 0 Å². The Bertz CT molecular complexity index is 369. The van der Waals surface area contributed by atoms with Gasteiger partial charge in [0.25, 0.3) is 0 Å². The maximum absolute atomic E-state index is 10.5. The summed E-state index contributed by atoms with van der Waals surface area (Å²) in [5.41, 5.74) is 0.870. The highest BCUT2D eigenvalue weighted by molar-refractivity contribution is 7.98. The molecule has 0 saturated carbocycles. The van der Waals surface area contributed by atoms with Crippen molar-refractivity contribution in [2.75, 3.05) is 23.9 Å². The molecule has 0 spiro atoms. The number of nitrogens with one attached hydrogen (secondary N) is 1. The molecule has 0 atom stereocenters. The molecule has 19 heavy (non-hydrogen) atoms. The largest absolute Gasteiger partial charge is 0.481 e. The Labute approximate surface area is 123 Å². The molecule has 2 N–H and O–H groups in total. The Morgan fingerprint density at radius 2 is 2.21 bits per heavy atom. The van der Waals surface area contributed by atoms with Crippen molar-refractivity contribution in [3.8, 4) is 0 Å². The van der Waals surface area contributed by atoms with Crippen LogP contribution in [0.15, 0.2) is 5.38 Å². The first-order valence-electron chi connectivity index (χ1n) is 6.61. The average Bonchev–Trinajstić information content (AvgIpc) is 2.83. The standard InChI is InChI=1S/C13H22N2O2S2/c1-18-9-5-3-2-4-8-14-13-15-11(10-19-13)6-7-12(16)17/h10H,2-9H2,1H3,(H,14,15)(H,16,17). The van der Waals surface area contributed by atoms with Gasteiger partial charge in [-0.1, -0.05) is 12.8 Å². The summed E-state index contributed by atoms with van der Waals surface area (Å²) < 4.78 is 0. The molecule has 0 aromatic carbocycles. The molecule has 6 heteroatoms. The molecule has 0 aliphatic carbocycles. The van der Waals surface area contributed by atoms with Crippen molar-refractivity contribution >= 4 is 34.2 Å². The number of carboxylic acid groups (broad SMARTS) is 1. The lowest BCUT2D eigenvalue weighted by Gasteiger charge is -2.02. The van der Waals surface area contributed by atoms with E-state index < -0.39 is 5.97 Å². The van der Waals surface area contributed by atoms with Gasteiger partial charge in [0.05, 0.1) is 12.1 Å². The fraction of sp³-hybridized carbons (Fsp3) is 0.692. The number of carboxylic acids is 1. The minimum Gasteiger partial charge on any atom is -0.481 e. The monoisotopic (exact) mass is 302 g/mol. The van der Waals surface area contributed by atoms with Crippen LogP contribution in [0.5, 0.6) is 0 Å². The molecule has 0 bridgehead atoms. The van der Waals surface area contributed by atoms with E-state index in [1.807, 2.05) is 17.1 Å². The number of unbranched alkanes of at least 4 members (excludes halogenated alkanes) is 3. The number of thiazole rings is 1. The number of aliphatic carboxylic acids is 1. The lowest BCUT2D eigenvalue weighted by Crippen LogP contribution is -2.02. The van der Waals surface area contributed by atoms with E-state index in [1.165, 1.54) is 31.4 Å². The highest BCUT2D eigenvalue weighted by Gasteiger charge is 2.04. The van der Waals surface area contributed by atoms with E-state index in [-0.39, 0.29) is 6.42 Å². The van der Waals surface area contributed by atoms with Gasteiger partial charge in [-0.3, -0.25) is 4.79 Å². The molecule has 1 heterocycles. The van der Waals surface area contributed by atoms with Crippen LogP contribution in [0.25, 0.3) is 0 Å². The smallest absolute Gasteiger partial charge is 0.303 e. The SMILES string of the molecule is CSCCCCCCNc1nc(CCC(=O)O)cs1. The van der Waals surface area contributed by atoms with Gasteiger partial charge in [-0.05, 0) is 24.9 Å². The van der Waals surface area contributed by atoms with Crippen LogP contribution < -0.4 is 5.32 Å². The van der Waals surface area contributed by atoms with Crippen LogP contribution in [0.2, 0.25) is 0 Å². The van der Waals surface area contributed by atoms with Gasteiger partial charge in [-0.15, -0.1) is 11.3 Å². The third-order valence-electron chi connectivity index (χ3n) is 2.70. The van der Waals surface area contributed by atoms with Crippen molar-refractivity contribution in [2.24, 2.45) is 0 Å². The van der Waals surface area contributed by atoms with E-state index in [2.05, 4.69) is 16.6 Å². The molecule has 108 valence electrons. The summed E-state index contributed by atoms with van der Waals surface area (Å²) in [6.07, 6.45) is 7.83. The number of anilines is 1. The molecule has 4 nitrogen and oxygen atoms in total. The second-order valence-electron chi connectivity index (χ2n) is 4.37. The predicted molar refractivity (Wildman–Crippen MR) is 83.4 cm³/mol. The number of nitrogens with zero attached hydrogens (tertiary/aromatic N) is 1. The second-order valence-corrected chi connectivity index (χ2v) is 6.22. The highest BCUT2D eigenvalue weighted by atomic mass is 32.2. The third kappa shape index (κ3) is 8.10. The summed E-state index contributed by atoms with van der Waals surface area (Å²) in [6.45, 7) is 0.950. The topological polar surface area (TPSA) is 62.2 Å². The van der Waals surface area contributed by atoms with Crippen LogP contribution in [0, 0.1) is 0 Å². The third-order valence-corrected chi connectivity index (χ3v) is 4.24. The molecule has 0 fully saturated rings. The van der Waals surface area contributed by atoms with E-state index in [9.17, 15) is 4.79 Å². The molecule has 1 aromatic rings. The van der Waals surface area contributed by atoms with Gasteiger partial charge < -0.3 is 10.4 Å². The van der Waals surface area contributed by atoms with Crippen molar-refractivity contribution in [1.82, 2.24) is 4.98 Å². The first kappa shape index (κ1) is 16.3. The fourth-order valence-corrected chi connectivity index (χ4v) is 2.92. The fourth-order valence-electron chi connectivity index (χ4n) is 1.66. The van der Waals surface area contributed by atoms with E-state index in [0.29, 0.717) is 6.42 Å². The lowest BCUT2D eigenvalue weighted by atomic mass is 10.2. The summed E-state index contributed by atoms with van der Waals surface area (Å²) >= 11 is 3.46. The quantitative estimate of drug-likeness (QED) is 0.613. The average molecular weight is 302 g/mol. The molecule has 0 aliphatic heterocycles. The Morgan fingerprint density at radius 3 is 2.95 bits per heavy atom. The number of aryl methyl sites for hydroxylation is 1. The van der Waals surface area contributed by atoms with Crippen LogP contribution in [0.4, 0.5) is 5.13 Å². The molecule has 0 aliphatic rings. The molecule has 1 rings (SSSR count). The van der Waals surface area contributed by atoms with Crippen LogP contribution in [-0.2, 0) is 11.2 Å². The number of aromatic nitrogens is 1. The van der Waals surface area contributed by atoms with Gasteiger partial charge in [0.1, 0.15) is 0 Å². The first-order chi connectivity index (χ1) is 9.22. The highest BCUT2D eigenvalue weighted by Crippen LogP contribution is 2.16. The summed E-state index contributed by atoms with van der Waals surface area (Å²) in [6, 6.07) is 0. The van der Waals surface area contributed by atoms with Gasteiger partial charge in [0, 0.05) is 18.3 Å². The van der Waals surface area contributed by atoms with Gasteiger partial charge in [-0.25, -0.2) is 4.98 Å². The number of hydrogen-bond donors (Lipinski definition) is 2. The zero-order valence-electron chi connectivity index (χ0n) is 11.4.